The number of ether oxygens (including phenoxy) is 2. The van der Waals surface area contributed by atoms with Gasteiger partial charge in [-0.15, -0.1) is 0 Å². The summed E-state index contributed by atoms with van der Waals surface area (Å²) in [6.07, 6.45) is 3.31. The summed E-state index contributed by atoms with van der Waals surface area (Å²) >= 11 is 0. The summed E-state index contributed by atoms with van der Waals surface area (Å²) in [5, 5.41) is 9.31. The molecule has 2 fully saturated rings. The van der Waals surface area contributed by atoms with Crippen molar-refractivity contribution in [3.05, 3.63) is 23.8 Å². The lowest BCUT2D eigenvalue weighted by atomic mass is 10.0. The molecule has 0 aromatic heterocycles. The zero-order valence-electron chi connectivity index (χ0n) is 14.7. The Balaban J connectivity index is 1.48. The van der Waals surface area contributed by atoms with Gasteiger partial charge in [0.1, 0.15) is 19.3 Å². The van der Waals surface area contributed by atoms with Crippen molar-refractivity contribution in [2.24, 2.45) is 0 Å². The molecule has 2 saturated heterocycles. The minimum absolute atomic E-state index is 0.00976. The Labute approximate surface area is 152 Å². The van der Waals surface area contributed by atoms with Gasteiger partial charge in [0.2, 0.25) is 5.91 Å². The number of aliphatic carboxylic acids is 1. The highest BCUT2D eigenvalue weighted by molar-refractivity contribution is 5.81. The standard InChI is InChI=1S/C19H24N2O5/c22-18(12-20-7-1-4-15(20)19(23)24)21-8-2-3-14(21)13-5-6-16-17(11-13)26-10-9-25-16/h5-6,11,14-15H,1-4,7-10,12H2,(H,23,24)/t14?,15-/m0/s1. The lowest BCUT2D eigenvalue weighted by molar-refractivity contribution is -0.143. The van der Waals surface area contributed by atoms with Gasteiger partial charge in [-0.1, -0.05) is 6.07 Å². The lowest BCUT2D eigenvalue weighted by Gasteiger charge is -2.29. The Kier molecular flexibility index (Phi) is 4.72. The Bertz CT molecular complexity index is 707. The lowest BCUT2D eigenvalue weighted by Crippen LogP contribution is -2.44. The Morgan fingerprint density at radius 2 is 1.85 bits per heavy atom. The van der Waals surface area contributed by atoms with Crippen molar-refractivity contribution in [1.29, 1.82) is 0 Å². The van der Waals surface area contributed by atoms with Crippen molar-refractivity contribution in [1.82, 2.24) is 9.80 Å². The van der Waals surface area contributed by atoms with Crippen LogP contribution in [-0.4, -0.2) is 65.7 Å². The Hall–Kier alpha value is -2.28. The van der Waals surface area contributed by atoms with Gasteiger partial charge in [-0.25, -0.2) is 0 Å². The van der Waals surface area contributed by atoms with Crippen LogP contribution in [0.5, 0.6) is 11.5 Å². The molecule has 4 rings (SSSR count). The maximum Gasteiger partial charge on any atom is 0.320 e. The quantitative estimate of drug-likeness (QED) is 0.880. The van der Waals surface area contributed by atoms with Crippen LogP contribution in [0, 0.1) is 0 Å². The van der Waals surface area contributed by atoms with Crippen molar-refractivity contribution in [3.8, 4) is 11.5 Å². The van der Waals surface area contributed by atoms with E-state index in [0.29, 0.717) is 32.7 Å². The first kappa shape index (κ1) is 17.1. The van der Waals surface area contributed by atoms with E-state index < -0.39 is 12.0 Å². The molecule has 0 aliphatic carbocycles. The third-order valence-electron chi connectivity index (χ3n) is 5.51. The molecule has 3 aliphatic rings. The van der Waals surface area contributed by atoms with E-state index in [9.17, 15) is 14.7 Å². The maximum absolute atomic E-state index is 12.9. The van der Waals surface area contributed by atoms with E-state index in [0.717, 1.165) is 36.3 Å². The number of carboxylic acids is 1. The van der Waals surface area contributed by atoms with Crippen LogP contribution in [0.2, 0.25) is 0 Å². The van der Waals surface area contributed by atoms with Gasteiger partial charge in [0.05, 0.1) is 12.6 Å². The largest absolute Gasteiger partial charge is 0.486 e. The van der Waals surface area contributed by atoms with Crippen molar-refractivity contribution in [3.63, 3.8) is 0 Å². The van der Waals surface area contributed by atoms with Gasteiger partial charge >= 0.3 is 5.97 Å². The number of carboxylic acid groups (broad SMARTS) is 1. The summed E-state index contributed by atoms with van der Waals surface area (Å²) in [4.78, 5) is 27.9. The van der Waals surface area contributed by atoms with Crippen molar-refractivity contribution < 1.29 is 24.2 Å². The number of rotatable bonds is 4. The summed E-state index contributed by atoms with van der Waals surface area (Å²) in [5.41, 5.74) is 1.05. The second-order valence-electron chi connectivity index (χ2n) is 7.11. The van der Waals surface area contributed by atoms with Gasteiger partial charge < -0.3 is 19.5 Å². The van der Waals surface area contributed by atoms with E-state index in [-0.39, 0.29) is 18.5 Å². The van der Waals surface area contributed by atoms with Crippen LogP contribution in [0.3, 0.4) is 0 Å². The number of hydrogen-bond acceptors (Lipinski definition) is 5. The number of amides is 1. The number of fused-ring (bicyclic) bond motifs is 1. The fraction of sp³-hybridized carbons (Fsp3) is 0.579. The molecule has 0 saturated carbocycles. The van der Waals surface area contributed by atoms with Crippen LogP contribution in [0.25, 0.3) is 0 Å². The summed E-state index contributed by atoms with van der Waals surface area (Å²) in [7, 11) is 0. The average Bonchev–Trinajstić information content (AvgIpc) is 3.30. The summed E-state index contributed by atoms with van der Waals surface area (Å²) in [5.74, 6) is 0.659. The molecule has 140 valence electrons. The van der Waals surface area contributed by atoms with Crippen molar-refractivity contribution in [2.75, 3.05) is 32.8 Å². The van der Waals surface area contributed by atoms with Crippen LogP contribution >= 0.6 is 0 Å². The van der Waals surface area contributed by atoms with E-state index in [2.05, 4.69) is 0 Å². The summed E-state index contributed by atoms with van der Waals surface area (Å²) in [6.45, 7) is 2.66. The molecular weight excluding hydrogens is 336 g/mol. The van der Waals surface area contributed by atoms with E-state index >= 15 is 0 Å². The monoisotopic (exact) mass is 360 g/mol. The van der Waals surface area contributed by atoms with Crippen LogP contribution in [0.4, 0.5) is 0 Å². The van der Waals surface area contributed by atoms with Gasteiger partial charge in [0.15, 0.2) is 11.5 Å². The Morgan fingerprint density at radius 1 is 1.08 bits per heavy atom. The zero-order chi connectivity index (χ0) is 18.1. The van der Waals surface area contributed by atoms with Crippen molar-refractivity contribution in [2.45, 2.75) is 37.8 Å². The topological polar surface area (TPSA) is 79.3 Å². The molecule has 1 aromatic carbocycles. The molecule has 1 aromatic rings. The third kappa shape index (κ3) is 3.23. The molecule has 7 heteroatoms. The molecule has 2 atom stereocenters. The maximum atomic E-state index is 12.9. The van der Waals surface area contributed by atoms with Gasteiger partial charge in [0.25, 0.3) is 0 Å². The minimum atomic E-state index is -0.833. The molecule has 1 unspecified atom stereocenters. The Morgan fingerprint density at radius 3 is 2.65 bits per heavy atom. The van der Waals surface area contributed by atoms with Gasteiger partial charge in [-0.05, 0) is 49.9 Å². The molecule has 0 spiro atoms. The van der Waals surface area contributed by atoms with Crippen LogP contribution in [0.1, 0.15) is 37.3 Å². The summed E-state index contributed by atoms with van der Waals surface area (Å²) in [6, 6.07) is 5.37. The number of likely N-dealkylation sites (tertiary alicyclic amines) is 2. The number of carbonyl (C=O) groups excluding carboxylic acids is 1. The predicted molar refractivity (Wildman–Crippen MR) is 93.4 cm³/mol. The molecule has 3 aliphatic heterocycles. The fourth-order valence-corrected chi connectivity index (χ4v) is 4.24. The normalized spacial score (nSPS) is 25.5. The SMILES string of the molecule is O=C(O)[C@@H]1CCCN1CC(=O)N1CCCC1c1ccc2c(c1)OCCO2. The zero-order valence-corrected chi connectivity index (χ0v) is 14.7. The van der Waals surface area contributed by atoms with Crippen LogP contribution in [0.15, 0.2) is 18.2 Å². The van der Waals surface area contributed by atoms with Crippen molar-refractivity contribution >= 4 is 11.9 Å². The molecule has 0 radical (unpaired) electrons. The van der Waals surface area contributed by atoms with Gasteiger partial charge in [-0.3, -0.25) is 14.5 Å². The molecule has 1 N–H and O–H groups in total. The number of nitrogens with zero attached hydrogens (tertiary/aromatic N) is 2. The molecule has 0 bridgehead atoms. The van der Waals surface area contributed by atoms with E-state index in [1.54, 1.807) is 4.90 Å². The number of benzene rings is 1. The summed E-state index contributed by atoms with van der Waals surface area (Å²) < 4.78 is 11.2. The number of hydrogen-bond donors (Lipinski definition) is 1. The highest BCUT2D eigenvalue weighted by Gasteiger charge is 2.36. The van der Waals surface area contributed by atoms with Crippen LogP contribution in [-0.2, 0) is 9.59 Å². The second kappa shape index (κ2) is 7.15. The smallest absolute Gasteiger partial charge is 0.320 e. The fourth-order valence-electron chi connectivity index (χ4n) is 4.24. The second-order valence-corrected chi connectivity index (χ2v) is 7.11. The predicted octanol–water partition coefficient (Wildman–Crippen LogP) is 1.67. The molecule has 1 amide bonds. The van der Waals surface area contributed by atoms with E-state index in [1.807, 2.05) is 23.1 Å². The van der Waals surface area contributed by atoms with E-state index in [4.69, 9.17) is 9.47 Å². The molecule has 26 heavy (non-hydrogen) atoms. The minimum Gasteiger partial charge on any atom is -0.486 e. The van der Waals surface area contributed by atoms with Crippen LogP contribution < -0.4 is 9.47 Å². The first-order valence-corrected chi connectivity index (χ1v) is 9.29. The molecule has 7 nitrogen and oxygen atoms in total. The first-order chi connectivity index (χ1) is 12.6. The molecular formula is C19H24N2O5. The van der Waals surface area contributed by atoms with Gasteiger partial charge in [-0.2, -0.15) is 0 Å². The highest BCUT2D eigenvalue weighted by Crippen LogP contribution is 2.38. The molecule has 3 heterocycles. The first-order valence-electron chi connectivity index (χ1n) is 9.29. The van der Waals surface area contributed by atoms with E-state index in [1.165, 1.54) is 0 Å². The average molecular weight is 360 g/mol. The third-order valence-corrected chi connectivity index (χ3v) is 5.51. The highest BCUT2D eigenvalue weighted by atomic mass is 16.6. The van der Waals surface area contributed by atoms with Gasteiger partial charge in [0, 0.05) is 6.54 Å². The number of carbonyl (C=O) groups is 2.